The van der Waals surface area contributed by atoms with Crippen molar-refractivity contribution in [1.82, 2.24) is 14.5 Å². The summed E-state index contributed by atoms with van der Waals surface area (Å²) in [6.07, 6.45) is 3.62. The van der Waals surface area contributed by atoms with E-state index >= 15 is 0 Å². The standard InChI is InChI=1S/C13H10BrN3O2S/c1-2-19-12(18)10-7-20-13(16-10)17-6-9(14)8-4-3-5-15-11(8)17/h3-7H,2H2,1H3. The summed E-state index contributed by atoms with van der Waals surface area (Å²) >= 11 is 4.88. The summed E-state index contributed by atoms with van der Waals surface area (Å²) in [6.45, 7) is 2.11. The van der Waals surface area contributed by atoms with E-state index in [0.29, 0.717) is 17.4 Å². The third-order valence-corrected chi connectivity index (χ3v) is 4.17. The zero-order chi connectivity index (χ0) is 14.1. The van der Waals surface area contributed by atoms with E-state index < -0.39 is 5.97 Å². The number of halogens is 1. The molecule has 0 fully saturated rings. The van der Waals surface area contributed by atoms with Crippen LogP contribution in [0, 0.1) is 0 Å². The quantitative estimate of drug-likeness (QED) is 0.678. The molecule has 3 heterocycles. The molecule has 102 valence electrons. The molecular weight excluding hydrogens is 342 g/mol. The molecule has 0 N–H and O–H groups in total. The smallest absolute Gasteiger partial charge is 0.357 e. The first kappa shape index (κ1) is 13.3. The Labute approximate surface area is 127 Å². The first-order chi connectivity index (χ1) is 9.70. The average Bonchev–Trinajstić information content (AvgIpc) is 3.05. The highest BCUT2D eigenvalue weighted by Crippen LogP contribution is 2.28. The summed E-state index contributed by atoms with van der Waals surface area (Å²) in [5.74, 6) is -0.404. The maximum absolute atomic E-state index is 11.6. The molecule has 5 nitrogen and oxygen atoms in total. The van der Waals surface area contributed by atoms with E-state index in [1.54, 1.807) is 18.5 Å². The van der Waals surface area contributed by atoms with Gasteiger partial charge in [0.2, 0.25) is 0 Å². The highest BCUT2D eigenvalue weighted by Gasteiger charge is 2.15. The number of fused-ring (bicyclic) bond motifs is 1. The lowest BCUT2D eigenvalue weighted by Gasteiger charge is -1.99. The third-order valence-electron chi connectivity index (χ3n) is 2.70. The summed E-state index contributed by atoms with van der Waals surface area (Å²) in [5.41, 5.74) is 1.12. The van der Waals surface area contributed by atoms with Gasteiger partial charge in [-0.15, -0.1) is 11.3 Å². The summed E-state index contributed by atoms with van der Waals surface area (Å²) in [6, 6.07) is 3.85. The molecule has 3 aromatic heterocycles. The summed E-state index contributed by atoms with van der Waals surface area (Å²) in [4.78, 5) is 20.3. The van der Waals surface area contributed by atoms with Crippen molar-refractivity contribution in [3.8, 4) is 5.13 Å². The lowest BCUT2D eigenvalue weighted by Crippen LogP contribution is -2.05. The molecule has 0 amide bonds. The van der Waals surface area contributed by atoms with Crippen LogP contribution in [0.4, 0.5) is 0 Å². The number of hydrogen-bond acceptors (Lipinski definition) is 5. The molecule has 3 aromatic rings. The molecule has 0 unspecified atom stereocenters. The fraction of sp³-hybridized carbons (Fsp3) is 0.154. The Kier molecular flexibility index (Phi) is 3.54. The monoisotopic (exact) mass is 351 g/mol. The number of esters is 1. The molecule has 0 bridgehead atoms. The highest BCUT2D eigenvalue weighted by atomic mass is 79.9. The van der Waals surface area contributed by atoms with Crippen LogP contribution in [-0.2, 0) is 4.74 Å². The van der Waals surface area contributed by atoms with Gasteiger partial charge in [0.05, 0.1) is 6.61 Å². The van der Waals surface area contributed by atoms with Gasteiger partial charge in [0.1, 0.15) is 5.65 Å². The van der Waals surface area contributed by atoms with Gasteiger partial charge in [-0.1, -0.05) is 0 Å². The minimum atomic E-state index is -0.404. The largest absolute Gasteiger partial charge is 0.461 e. The number of thiazole rings is 1. The molecule has 0 aliphatic rings. The molecule has 3 rings (SSSR count). The maximum Gasteiger partial charge on any atom is 0.357 e. The molecule has 0 saturated heterocycles. The molecule has 0 aliphatic carbocycles. The summed E-state index contributed by atoms with van der Waals surface area (Å²) in [5, 5.41) is 3.37. The van der Waals surface area contributed by atoms with E-state index in [1.165, 1.54) is 11.3 Å². The molecule has 0 aliphatic heterocycles. The fourth-order valence-electron chi connectivity index (χ4n) is 1.84. The number of nitrogens with zero attached hydrogens (tertiary/aromatic N) is 3. The Morgan fingerprint density at radius 2 is 2.40 bits per heavy atom. The SMILES string of the molecule is CCOC(=O)c1csc(-n2cc(Br)c3cccnc32)n1. The topological polar surface area (TPSA) is 57.0 Å². The second-order valence-electron chi connectivity index (χ2n) is 3.96. The minimum absolute atomic E-state index is 0.320. The van der Waals surface area contributed by atoms with Gasteiger partial charge in [0.15, 0.2) is 10.8 Å². The van der Waals surface area contributed by atoms with E-state index in [4.69, 9.17) is 4.74 Å². The van der Waals surface area contributed by atoms with E-state index in [-0.39, 0.29) is 0 Å². The Hall–Kier alpha value is -1.73. The van der Waals surface area contributed by atoms with Crippen molar-refractivity contribution in [2.75, 3.05) is 6.61 Å². The zero-order valence-corrected chi connectivity index (χ0v) is 12.9. The second-order valence-corrected chi connectivity index (χ2v) is 5.65. The normalized spacial score (nSPS) is 10.9. The van der Waals surface area contributed by atoms with Crippen molar-refractivity contribution < 1.29 is 9.53 Å². The van der Waals surface area contributed by atoms with Crippen molar-refractivity contribution in [2.24, 2.45) is 0 Å². The van der Waals surface area contributed by atoms with E-state index in [2.05, 4.69) is 25.9 Å². The minimum Gasteiger partial charge on any atom is -0.461 e. The van der Waals surface area contributed by atoms with Crippen LogP contribution in [0.2, 0.25) is 0 Å². The zero-order valence-electron chi connectivity index (χ0n) is 10.5. The molecule has 0 spiro atoms. The fourth-order valence-corrected chi connectivity index (χ4v) is 3.12. The first-order valence-electron chi connectivity index (χ1n) is 5.95. The summed E-state index contributed by atoms with van der Waals surface area (Å²) < 4.78 is 7.73. The van der Waals surface area contributed by atoms with Gasteiger partial charge >= 0.3 is 5.97 Å². The Morgan fingerprint density at radius 1 is 1.55 bits per heavy atom. The number of carbonyl (C=O) groups is 1. The van der Waals surface area contributed by atoms with Crippen LogP contribution in [0.25, 0.3) is 16.2 Å². The van der Waals surface area contributed by atoms with Gasteiger partial charge in [-0.3, -0.25) is 4.57 Å². The maximum atomic E-state index is 11.6. The van der Waals surface area contributed by atoms with Gasteiger partial charge < -0.3 is 4.74 Å². The molecule has 0 atom stereocenters. The molecule has 0 radical (unpaired) electrons. The van der Waals surface area contributed by atoms with Crippen molar-refractivity contribution in [3.63, 3.8) is 0 Å². The number of aromatic nitrogens is 3. The van der Waals surface area contributed by atoms with E-state index in [9.17, 15) is 4.79 Å². The van der Waals surface area contributed by atoms with Crippen LogP contribution in [0.1, 0.15) is 17.4 Å². The van der Waals surface area contributed by atoms with Gasteiger partial charge in [-0.2, -0.15) is 0 Å². The predicted molar refractivity (Wildman–Crippen MR) is 80.4 cm³/mol. The van der Waals surface area contributed by atoms with Crippen LogP contribution < -0.4 is 0 Å². The van der Waals surface area contributed by atoms with Crippen LogP contribution in [0.15, 0.2) is 34.4 Å². The molecular formula is C13H10BrN3O2S. The van der Waals surface area contributed by atoms with Gasteiger partial charge in [-0.05, 0) is 35.0 Å². The number of hydrogen-bond donors (Lipinski definition) is 0. The lowest BCUT2D eigenvalue weighted by molar-refractivity contribution is 0.0520. The van der Waals surface area contributed by atoms with Crippen molar-refractivity contribution >= 4 is 44.3 Å². The predicted octanol–water partition coefficient (Wildman–Crippen LogP) is 3.42. The average molecular weight is 352 g/mol. The Bertz CT molecular complexity index is 781. The third kappa shape index (κ3) is 2.23. The Balaban J connectivity index is 2.06. The van der Waals surface area contributed by atoms with Gasteiger partial charge in [-0.25, -0.2) is 14.8 Å². The molecule has 20 heavy (non-hydrogen) atoms. The van der Waals surface area contributed by atoms with Crippen molar-refractivity contribution in [2.45, 2.75) is 6.92 Å². The molecule has 0 aromatic carbocycles. The van der Waals surface area contributed by atoms with Crippen LogP contribution >= 0.6 is 27.3 Å². The van der Waals surface area contributed by atoms with E-state index in [0.717, 1.165) is 15.5 Å². The molecule has 0 saturated carbocycles. The van der Waals surface area contributed by atoms with Crippen molar-refractivity contribution in [3.05, 3.63) is 40.1 Å². The second kappa shape index (κ2) is 5.34. The molecule has 7 heteroatoms. The Morgan fingerprint density at radius 3 is 3.20 bits per heavy atom. The van der Waals surface area contributed by atoms with Gasteiger partial charge in [0, 0.05) is 27.6 Å². The number of pyridine rings is 1. The number of carbonyl (C=O) groups excluding carboxylic acids is 1. The number of rotatable bonds is 3. The van der Waals surface area contributed by atoms with Crippen LogP contribution in [0.5, 0.6) is 0 Å². The van der Waals surface area contributed by atoms with Crippen LogP contribution in [-0.4, -0.2) is 27.1 Å². The summed E-state index contributed by atoms with van der Waals surface area (Å²) in [7, 11) is 0. The lowest BCUT2D eigenvalue weighted by atomic mass is 10.3. The van der Waals surface area contributed by atoms with Gasteiger partial charge in [0.25, 0.3) is 0 Å². The highest BCUT2D eigenvalue weighted by molar-refractivity contribution is 9.10. The van der Waals surface area contributed by atoms with E-state index in [1.807, 2.05) is 22.9 Å². The first-order valence-corrected chi connectivity index (χ1v) is 7.62. The van der Waals surface area contributed by atoms with Crippen LogP contribution in [0.3, 0.4) is 0 Å². The number of ether oxygens (including phenoxy) is 1. The van der Waals surface area contributed by atoms with Crippen molar-refractivity contribution in [1.29, 1.82) is 0 Å².